The van der Waals surface area contributed by atoms with Crippen molar-refractivity contribution in [3.8, 4) is 39.8 Å². The first-order valence-electron chi connectivity index (χ1n) is 10.2. The summed E-state index contributed by atoms with van der Waals surface area (Å²) in [5.74, 6) is 0.751. The van der Waals surface area contributed by atoms with Crippen LogP contribution in [-0.2, 0) is 6.18 Å². The third-order valence-electron chi connectivity index (χ3n) is 5.24. The van der Waals surface area contributed by atoms with Gasteiger partial charge in [0.25, 0.3) is 0 Å². The van der Waals surface area contributed by atoms with Gasteiger partial charge in [-0.05, 0) is 60.2 Å². The molecule has 8 heteroatoms. The minimum Gasteiger partial charge on any atom is -0.508 e. The molecule has 168 valence electrons. The first-order chi connectivity index (χ1) is 16.4. The molecule has 0 aliphatic rings. The molecule has 0 bridgehead atoms. The zero-order valence-electron chi connectivity index (χ0n) is 17.5. The number of hydrogen-bond acceptors (Lipinski definition) is 5. The molecule has 0 atom stereocenters. The Hall–Kier alpha value is -4.46. The summed E-state index contributed by atoms with van der Waals surface area (Å²) in [6.07, 6.45) is -2.76. The van der Waals surface area contributed by atoms with E-state index in [2.05, 4.69) is 15.2 Å². The largest absolute Gasteiger partial charge is 0.508 e. The molecule has 5 nitrogen and oxygen atoms in total. The summed E-state index contributed by atoms with van der Waals surface area (Å²) < 4.78 is 45.1. The SMILES string of the molecule is Oc1ccc(-c2nnc(Oc3ccc4cccnc4c3)cc2-c2ccc(C(F)(F)F)cc2)cc1. The number of aromatic nitrogens is 3. The third kappa shape index (κ3) is 4.38. The lowest BCUT2D eigenvalue weighted by Gasteiger charge is -2.13. The maximum Gasteiger partial charge on any atom is 0.416 e. The monoisotopic (exact) mass is 459 g/mol. The fraction of sp³-hybridized carbons (Fsp3) is 0.0385. The van der Waals surface area contributed by atoms with Crippen LogP contribution in [0.15, 0.2) is 91.1 Å². The topological polar surface area (TPSA) is 68.1 Å². The number of hydrogen-bond donors (Lipinski definition) is 1. The lowest BCUT2D eigenvalue weighted by Crippen LogP contribution is -2.04. The Morgan fingerprint density at radius 1 is 0.765 bits per heavy atom. The number of alkyl halides is 3. The maximum atomic E-state index is 13.1. The number of aromatic hydroxyl groups is 1. The summed E-state index contributed by atoms with van der Waals surface area (Å²) in [4.78, 5) is 4.31. The zero-order chi connectivity index (χ0) is 23.7. The maximum absolute atomic E-state index is 13.1. The highest BCUT2D eigenvalue weighted by Gasteiger charge is 2.30. The lowest BCUT2D eigenvalue weighted by molar-refractivity contribution is -0.137. The van der Waals surface area contributed by atoms with Gasteiger partial charge in [-0.2, -0.15) is 13.2 Å². The second kappa shape index (κ2) is 8.47. The van der Waals surface area contributed by atoms with Gasteiger partial charge in [0, 0.05) is 34.8 Å². The van der Waals surface area contributed by atoms with Gasteiger partial charge in [-0.3, -0.25) is 4.98 Å². The van der Waals surface area contributed by atoms with Gasteiger partial charge in [0.15, 0.2) is 0 Å². The second-order valence-electron chi connectivity index (χ2n) is 7.53. The van der Waals surface area contributed by atoms with Crippen LogP contribution in [0.1, 0.15) is 5.56 Å². The van der Waals surface area contributed by atoms with Crippen molar-refractivity contribution < 1.29 is 23.0 Å². The molecule has 0 unspecified atom stereocenters. The van der Waals surface area contributed by atoms with E-state index in [1.54, 1.807) is 36.5 Å². The second-order valence-corrected chi connectivity index (χ2v) is 7.53. The van der Waals surface area contributed by atoms with Crippen LogP contribution in [0.2, 0.25) is 0 Å². The van der Waals surface area contributed by atoms with Crippen molar-refractivity contribution in [2.45, 2.75) is 6.18 Å². The van der Waals surface area contributed by atoms with Crippen LogP contribution < -0.4 is 4.74 Å². The normalized spacial score (nSPS) is 11.5. The number of phenols is 1. The highest BCUT2D eigenvalue weighted by Crippen LogP contribution is 2.36. The van der Waals surface area contributed by atoms with Gasteiger partial charge >= 0.3 is 6.18 Å². The lowest BCUT2D eigenvalue weighted by atomic mass is 9.99. The molecule has 0 saturated heterocycles. The fourth-order valence-electron chi connectivity index (χ4n) is 3.55. The molecular weight excluding hydrogens is 443 g/mol. The number of ether oxygens (including phenoxy) is 1. The van der Waals surface area contributed by atoms with Gasteiger partial charge in [-0.1, -0.05) is 18.2 Å². The van der Waals surface area contributed by atoms with E-state index in [9.17, 15) is 18.3 Å². The van der Waals surface area contributed by atoms with Gasteiger partial charge in [-0.25, -0.2) is 0 Å². The van der Waals surface area contributed by atoms with Crippen molar-refractivity contribution in [3.05, 3.63) is 96.7 Å². The molecule has 0 fully saturated rings. The van der Waals surface area contributed by atoms with Crippen molar-refractivity contribution in [1.82, 2.24) is 15.2 Å². The standard InChI is InChI=1S/C26H16F3N3O2/c27-26(28,29)19-8-3-16(4-9-19)22-15-24(31-32-25(22)18-5-10-20(33)11-6-18)34-21-12-7-17-2-1-13-30-23(17)14-21/h1-15,33H. The first kappa shape index (κ1) is 21.4. The van der Waals surface area contributed by atoms with E-state index < -0.39 is 11.7 Å². The van der Waals surface area contributed by atoms with Crippen molar-refractivity contribution in [1.29, 1.82) is 0 Å². The van der Waals surface area contributed by atoms with Crippen LogP contribution in [0.4, 0.5) is 13.2 Å². The summed E-state index contributed by atoms with van der Waals surface area (Å²) in [6, 6.07) is 21.9. The predicted octanol–water partition coefficient (Wildman–Crippen LogP) is 6.88. The van der Waals surface area contributed by atoms with Crippen molar-refractivity contribution in [3.63, 3.8) is 0 Å². The number of fused-ring (bicyclic) bond motifs is 1. The van der Waals surface area contributed by atoms with Crippen LogP contribution in [0.5, 0.6) is 17.4 Å². The minimum absolute atomic E-state index is 0.0812. The highest BCUT2D eigenvalue weighted by atomic mass is 19.4. The van der Waals surface area contributed by atoms with E-state index in [-0.39, 0.29) is 11.6 Å². The van der Waals surface area contributed by atoms with Gasteiger partial charge in [0.2, 0.25) is 5.88 Å². The smallest absolute Gasteiger partial charge is 0.416 e. The Morgan fingerprint density at radius 3 is 2.24 bits per heavy atom. The van der Waals surface area contributed by atoms with E-state index in [0.29, 0.717) is 28.1 Å². The summed E-state index contributed by atoms with van der Waals surface area (Å²) in [6.45, 7) is 0. The number of nitrogens with zero attached hydrogens (tertiary/aromatic N) is 3. The molecule has 3 aromatic carbocycles. The van der Waals surface area contributed by atoms with Gasteiger partial charge in [0.05, 0.1) is 11.1 Å². The van der Waals surface area contributed by atoms with Crippen molar-refractivity contribution >= 4 is 10.9 Å². The van der Waals surface area contributed by atoms with Crippen molar-refractivity contribution in [2.24, 2.45) is 0 Å². The molecule has 0 radical (unpaired) electrons. The Labute approximate surface area is 192 Å². The Balaban J connectivity index is 1.57. The molecular formula is C26H16F3N3O2. The summed E-state index contributed by atoms with van der Waals surface area (Å²) in [5.41, 5.74) is 2.12. The van der Waals surface area contributed by atoms with Gasteiger partial charge < -0.3 is 9.84 Å². The van der Waals surface area contributed by atoms with Crippen LogP contribution in [0.25, 0.3) is 33.3 Å². The number of phenolic OH excluding ortho intramolecular Hbond substituents is 1. The molecule has 2 aromatic heterocycles. The van der Waals surface area contributed by atoms with Crippen molar-refractivity contribution in [2.75, 3.05) is 0 Å². The number of pyridine rings is 1. The number of halogens is 3. The molecule has 1 N–H and O–H groups in total. The molecule has 0 amide bonds. The van der Waals surface area contributed by atoms with Crippen LogP contribution in [0, 0.1) is 0 Å². The van der Waals surface area contributed by atoms with Crippen LogP contribution in [-0.4, -0.2) is 20.3 Å². The van der Waals surface area contributed by atoms with Crippen LogP contribution >= 0.6 is 0 Å². The molecule has 34 heavy (non-hydrogen) atoms. The van der Waals surface area contributed by atoms with E-state index in [4.69, 9.17) is 4.74 Å². The highest BCUT2D eigenvalue weighted by molar-refractivity contribution is 5.82. The van der Waals surface area contributed by atoms with E-state index >= 15 is 0 Å². The van der Waals surface area contributed by atoms with E-state index in [1.807, 2.05) is 18.2 Å². The molecule has 2 heterocycles. The molecule has 0 spiro atoms. The molecule has 0 saturated carbocycles. The average Bonchev–Trinajstić information content (AvgIpc) is 2.84. The molecule has 5 rings (SSSR count). The fourth-order valence-corrected chi connectivity index (χ4v) is 3.55. The predicted molar refractivity (Wildman–Crippen MR) is 121 cm³/mol. The third-order valence-corrected chi connectivity index (χ3v) is 5.24. The Bertz CT molecular complexity index is 1470. The minimum atomic E-state index is -4.44. The Morgan fingerprint density at radius 2 is 1.50 bits per heavy atom. The Kier molecular flexibility index (Phi) is 5.33. The summed E-state index contributed by atoms with van der Waals surface area (Å²) >= 11 is 0. The first-order valence-corrected chi connectivity index (χ1v) is 10.2. The quantitative estimate of drug-likeness (QED) is 0.317. The average molecular weight is 459 g/mol. The van der Waals surface area contributed by atoms with Crippen LogP contribution in [0.3, 0.4) is 0 Å². The molecule has 5 aromatic rings. The van der Waals surface area contributed by atoms with Gasteiger partial charge in [-0.15, -0.1) is 10.2 Å². The number of benzene rings is 3. The van der Waals surface area contributed by atoms with Gasteiger partial charge in [0.1, 0.15) is 17.2 Å². The molecule has 0 aliphatic heterocycles. The van der Waals surface area contributed by atoms with E-state index in [0.717, 1.165) is 23.0 Å². The summed E-state index contributed by atoms with van der Waals surface area (Å²) in [7, 11) is 0. The summed E-state index contributed by atoms with van der Waals surface area (Å²) in [5, 5.41) is 19.0. The molecule has 0 aliphatic carbocycles. The van der Waals surface area contributed by atoms with E-state index in [1.165, 1.54) is 24.3 Å². The zero-order valence-corrected chi connectivity index (χ0v) is 17.5. The number of rotatable bonds is 4.